The van der Waals surface area contributed by atoms with Crippen molar-refractivity contribution >= 4 is 17.6 Å². The Kier molecular flexibility index (Phi) is 6.75. The van der Waals surface area contributed by atoms with Crippen LogP contribution in [0.5, 0.6) is 5.75 Å². The summed E-state index contributed by atoms with van der Waals surface area (Å²) < 4.78 is 33.7. The van der Waals surface area contributed by atoms with E-state index in [0.29, 0.717) is 16.8 Å². The summed E-state index contributed by atoms with van der Waals surface area (Å²) in [6.07, 6.45) is 0. The van der Waals surface area contributed by atoms with Crippen molar-refractivity contribution in [3.8, 4) is 16.9 Å². The molecule has 0 atom stereocenters. The van der Waals surface area contributed by atoms with Crippen LogP contribution in [-0.4, -0.2) is 25.1 Å². The molecule has 30 heavy (non-hydrogen) atoms. The Morgan fingerprint density at radius 1 is 0.933 bits per heavy atom. The molecular weight excluding hydrogens is 392 g/mol. The first kappa shape index (κ1) is 21.0. The first-order valence-corrected chi connectivity index (χ1v) is 9.10. The monoisotopic (exact) mass is 411 g/mol. The Balaban J connectivity index is 1.60. The largest absolute Gasteiger partial charge is 0.452 e. The highest BCUT2D eigenvalue weighted by Crippen LogP contribution is 2.25. The molecule has 0 fully saturated rings. The minimum absolute atomic E-state index is 0.0258. The SMILES string of the molecule is Cc1ccc(-c2ccccc2C(=O)OCC(=O)Nc2ccc(OC(F)F)cc2)cc1. The maximum atomic E-state index is 12.5. The van der Waals surface area contributed by atoms with Gasteiger partial charge in [-0.05, 0) is 48.4 Å². The lowest BCUT2D eigenvalue weighted by Crippen LogP contribution is -2.21. The average molecular weight is 411 g/mol. The molecule has 3 rings (SSSR count). The van der Waals surface area contributed by atoms with E-state index in [1.165, 1.54) is 24.3 Å². The normalized spacial score (nSPS) is 10.5. The van der Waals surface area contributed by atoms with Crippen LogP contribution in [0.4, 0.5) is 14.5 Å². The van der Waals surface area contributed by atoms with Crippen molar-refractivity contribution in [3.05, 3.63) is 83.9 Å². The topological polar surface area (TPSA) is 64.6 Å². The quantitative estimate of drug-likeness (QED) is 0.552. The van der Waals surface area contributed by atoms with Gasteiger partial charge in [-0.3, -0.25) is 4.79 Å². The fourth-order valence-corrected chi connectivity index (χ4v) is 2.77. The van der Waals surface area contributed by atoms with Gasteiger partial charge in [-0.2, -0.15) is 8.78 Å². The smallest absolute Gasteiger partial charge is 0.387 e. The van der Waals surface area contributed by atoms with Gasteiger partial charge in [0.1, 0.15) is 5.75 Å². The Morgan fingerprint density at radius 2 is 1.60 bits per heavy atom. The van der Waals surface area contributed by atoms with Gasteiger partial charge in [0, 0.05) is 5.69 Å². The van der Waals surface area contributed by atoms with Crippen LogP contribution in [0.3, 0.4) is 0 Å². The van der Waals surface area contributed by atoms with Crippen LogP contribution in [0.1, 0.15) is 15.9 Å². The first-order chi connectivity index (χ1) is 14.4. The number of ether oxygens (including phenoxy) is 2. The van der Waals surface area contributed by atoms with Crippen molar-refractivity contribution in [3.63, 3.8) is 0 Å². The van der Waals surface area contributed by atoms with Gasteiger partial charge in [0.2, 0.25) is 0 Å². The molecule has 1 N–H and O–H groups in total. The number of halogens is 2. The maximum Gasteiger partial charge on any atom is 0.387 e. The van der Waals surface area contributed by atoms with E-state index in [0.717, 1.165) is 11.1 Å². The number of carbonyl (C=O) groups excluding carboxylic acids is 2. The van der Waals surface area contributed by atoms with Crippen LogP contribution in [-0.2, 0) is 9.53 Å². The van der Waals surface area contributed by atoms with Crippen molar-refractivity contribution in [2.75, 3.05) is 11.9 Å². The molecule has 0 saturated carbocycles. The number of anilines is 1. The molecule has 0 saturated heterocycles. The molecule has 0 unspecified atom stereocenters. The molecule has 0 aliphatic heterocycles. The van der Waals surface area contributed by atoms with E-state index in [4.69, 9.17) is 4.74 Å². The van der Waals surface area contributed by atoms with Gasteiger partial charge < -0.3 is 14.8 Å². The van der Waals surface area contributed by atoms with Gasteiger partial charge in [0.25, 0.3) is 5.91 Å². The van der Waals surface area contributed by atoms with Gasteiger partial charge in [-0.25, -0.2) is 4.79 Å². The molecule has 0 bridgehead atoms. The van der Waals surface area contributed by atoms with Crippen molar-refractivity contribution < 1.29 is 27.8 Å². The number of rotatable bonds is 7. The highest BCUT2D eigenvalue weighted by atomic mass is 19.3. The van der Waals surface area contributed by atoms with E-state index in [1.54, 1.807) is 12.1 Å². The maximum absolute atomic E-state index is 12.5. The Labute approximate surface area is 172 Å². The van der Waals surface area contributed by atoms with Crippen molar-refractivity contribution in [1.29, 1.82) is 0 Å². The van der Waals surface area contributed by atoms with Gasteiger partial charge in [-0.1, -0.05) is 48.0 Å². The van der Waals surface area contributed by atoms with Gasteiger partial charge in [-0.15, -0.1) is 0 Å². The molecule has 0 aliphatic carbocycles. The zero-order valence-corrected chi connectivity index (χ0v) is 16.1. The van der Waals surface area contributed by atoms with E-state index in [-0.39, 0.29) is 5.75 Å². The molecule has 1 amide bonds. The standard InChI is InChI=1S/C23H19F2NO4/c1-15-6-8-16(9-7-15)19-4-2-3-5-20(19)22(28)29-14-21(27)26-17-10-12-18(13-11-17)30-23(24)25/h2-13,23H,14H2,1H3,(H,26,27). The molecule has 5 nitrogen and oxygen atoms in total. The summed E-state index contributed by atoms with van der Waals surface area (Å²) in [5, 5.41) is 2.52. The molecular formula is C23H19F2NO4. The van der Waals surface area contributed by atoms with Crippen molar-refractivity contribution in [2.45, 2.75) is 13.5 Å². The van der Waals surface area contributed by atoms with Crippen molar-refractivity contribution in [2.24, 2.45) is 0 Å². The van der Waals surface area contributed by atoms with Crippen molar-refractivity contribution in [1.82, 2.24) is 0 Å². The van der Waals surface area contributed by atoms with Crippen LogP contribution < -0.4 is 10.1 Å². The summed E-state index contributed by atoms with van der Waals surface area (Å²) >= 11 is 0. The zero-order chi connectivity index (χ0) is 21.5. The molecule has 0 heterocycles. The van der Waals surface area contributed by atoms with Crippen LogP contribution in [0, 0.1) is 6.92 Å². The first-order valence-electron chi connectivity index (χ1n) is 9.10. The average Bonchev–Trinajstić information content (AvgIpc) is 2.74. The second-order valence-electron chi connectivity index (χ2n) is 6.44. The van der Waals surface area contributed by atoms with Gasteiger partial charge >= 0.3 is 12.6 Å². The lowest BCUT2D eigenvalue weighted by molar-refractivity contribution is -0.119. The third-order valence-corrected chi connectivity index (χ3v) is 4.21. The van der Waals surface area contributed by atoms with Crippen LogP contribution in [0.25, 0.3) is 11.1 Å². The molecule has 0 spiro atoms. The minimum atomic E-state index is -2.92. The Hall–Kier alpha value is -3.74. The van der Waals surface area contributed by atoms with E-state index >= 15 is 0 Å². The van der Waals surface area contributed by atoms with E-state index in [2.05, 4.69) is 10.1 Å². The number of hydrogen-bond donors (Lipinski definition) is 1. The number of benzene rings is 3. The molecule has 154 valence electrons. The number of carbonyl (C=O) groups is 2. The third kappa shape index (κ3) is 5.64. The number of alkyl halides is 2. The third-order valence-electron chi connectivity index (χ3n) is 4.21. The van der Waals surface area contributed by atoms with Gasteiger partial charge in [0.05, 0.1) is 5.56 Å². The molecule has 3 aromatic carbocycles. The molecule has 3 aromatic rings. The fourth-order valence-electron chi connectivity index (χ4n) is 2.77. The minimum Gasteiger partial charge on any atom is -0.452 e. The lowest BCUT2D eigenvalue weighted by Gasteiger charge is -2.11. The summed E-state index contributed by atoms with van der Waals surface area (Å²) in [5.41, 5.74) is 3.38. The summed E-state index contributed by atoms with van der Waals surface area (Å²) in [6.45, 7) is -1.44. The van der Waals surface area contributed by atoms with E-state index in [1.807, 2.05) is 43.3 Å². The van der Waals surface area contributed by atoms with Gasteiger partial charge in [0.15, 0.2) is 6.61 Å². The van der Waals surface area contributed by atoms with Crippen LogP contribution >= 0.6 is 0 Å². The number of amides is 1. The molecule has 7 heteroatoms. The number of nitrogens with one attached hydrogen (secondary N) is 1. The van der Waals surface area contributed by atoms with Crippen LogP contribution in [0.2, 0.25) is 0 Å². The molecule has 0 aromatic heterocycles. The number of hydrogen-bond acceptors (Lipinski definition) is 4. The Morgan fingerprint density at radius 3 is 2.27 bits per heavy atom. The summed E-state index contributed by atoms with van der Waals surface area (Å²) in [4.78, 5) is 24.6. The summed E-state index contributed by atoms with van der Waals surface area (Å²) in [7, 11) is 0. The lowest BCUT2D eigenvalue weighted by atomic mass is 9.99. The van der Waals surface area contributed by atoms with E-state index < -0.39 is 25.1 Å². The predicted octanol–water partition coefficient (Wildman–Crippen LogP) is 5.06. The number of aryl methyl sites for hydroxylation is 1. The molecule has 0 aliphatic rings. The second-order valence-corrected chi connectivity index (χ2v) is 6.44. The summed E-state index contributed by atoms with van der Waals surface area (Å²) in [6, 6.07) is 20.1. The fraction of sp³-hybridized carbons (Fsp3) is 0.130. The molecule has 0 radical (unpaired) electrons. The zero-order valence-electron chi connectivity index (χ0n) is 16.1. The second kappa shape index (κ2) is 9.65. The highest BCUT2D eigenvalue weighted by Gasteiger charge is 2.15. The highest BCUT2D eigenvalue weighted by molar-refractivity contribution is 5.99. The number of esters is 1. The Bertz CT molecular complexity index is 1020. The summed E-state index contributed by atoms with van der Waals surface area (Å²) in [5.74, 6) is -1.21. The predicted molar refractivity (Wildman–Crippen MR) is 109 cm³/mol. The van der Waals surface area contributed by atoms with E-state index in [9.17, 15) is 18.4 Å². The van der Waals surface area contributed by atoms with Crippen LogP contribution in [0.15, 0.2) is 72.8 Å².